The lowest BCUT2D eigenvalue weighted by Crippen LogP contribution is -1.75. The molecule has 1 nitrogen and oxygen atoms in total. The fraction of sp³-hybridized carbons (Fsp3) is 0.333. The number of hydrogen-bond acceptors (Lipinski definition) is 1. The molecule has 0 aliphatic rings. The number of furan rings is 1. The lowest BCUT2D eigenvalue weighted by Gasteiger charge is -1.90. The van der Waals surface area contributed by atoms with E-state index < -0.39 is 0 Å². The summed E-state index contributed by atoms with van der Waals surface area (Å²) < 4.78 is 5.58. The molecule has 0 fully saturated rings. The Morgan fingerprint density at radius 3 is 2.62 bits per heavy atom. The number of aryl methyl sites for hydroxylation is 1. The molecule has 0 saturated heterocycles. The SMILES string of the molecule is C=Cc1c(/C=C\CC)oc(C)c1C. The van der Waals surface area contributed by atoms with Gasteiger partial charge in [-0.2, -0.15) is 0 Å². The molecule has 0 bridgehead atoms. The van der Waals surface area contributed by atoms with Crippen molar-refractivity contribution in [3.8, 4) is 0 Å². The van der Waals surface area contributed by atoms with Gasteiger partial charge in [0.15, 0.2) is 0 Å². The Morgan fingerprint density at radius 1 is 1.38 bits per heavy atom. The summed E-state index contributed by atoms with van der Waals surface area (Å²) >= 11 is 0. The second kappa shape index (κ2) is 4.13. The summed E-state index contributed by atoms with van der Waals surface area (Å²) in [6, 6.07) is 0. The Bertz CT molecular complexity index is 329. The summed E-state index contributed by atoms with van der Waals surface area (Å²) in [6.07, 6.45) is 6.97. The van der Waals surface area contributed by atoms with Crippen LogP contribution in [0.25, 0.3) is 12.2 Å². The van der Waals surface area contributed by atoms with Crippen molar-refractivity contribution in [3.05, 3.63) is 35.3 Å². The Hall–Kier alpha value is -1.24. The minimum atomic E-state index is 0.923. The molecule has 0 aliphatic carbocycles. The Balaban J connectivity index is 3.13. The average Bonchev–Trinajstić information content (AvgIpc) is 2.39. The van der Waals surface area contributed by atoms with Crippen LogP contribution < -0.4 is 0 Å². The van der Waals surface area contributed by atoms with Crippen molar-refractivity contribution in [1.82, 2.24) is 0 Å². The van der Waals surface area contributed by atoms with Gasteiger partial charge in [-0.3, -0.25) is 0 Å². The van der Waals surface area contributed by atoms with Crippen molar-refractivity contribution in [3.63, 3.8) is 0 Å². The van der Waals surface area contributed by atoms with Crippen molar-refractivity contribution < 1.29 is 4.42 Å². The smallest absolute Gasteiger partial charge is 0.134 e. The molecular weight excluding hydrogens is 160 g/mol. The van der Waals surface area contributed by atoms with E-state index in [0.717, 1.165) is 23.5 Å². The zero-order valence-electron chi connectivity index (χ0n) is 8.55. The maximum Gasteiger partial charge on any atom is 0.134 e. The lowest BCUT2D eigenvalue weighted by atomic mass is 10.1. The van der Waals surface area contributed by atoms with Gasteiger partial charge in [-0.25, -0.2) is 0 Å². The van der Waals surface area contributed by atoms with Gasteiger partial charge in [-0.1, -0.05) is 25.7 Å². The molecule has 1 heteroatoms. The molecule has 0 spiro atoms. The van der Waals surface area contributed by atoms with Crippen LogP contribution in [0.1, 0.15) is 36.0 Å². The van der Waals surface area contributed by atoms with E-state index in [0.29, 0.717) is 0 Å². The zero-order chi connectivity index (χ0) is 9.84. The second-order valence-corrected chi connectivity index (χ2v) is 3.08. The van der Waals surface area contributed by atoms with Crippen LogP contribution in [0.3, 0.4) is 0 Å². The van der Waals surface area contributed by atoms with Gasteiger partial charge in [-0.15, -0.1) is 0 Å². The molecule has 1 heterocycles. The predicted octanol–water partition coefficient (Wildman–Crippen LogP) is 3.96. The van der Waals surface area contributed by atoms with Gasteiger partial charge in [0.1, 0.15) is 11.5 Å². The minimum Gasteiger partial charge on any atom is -0.461 e. The van der Waals surface area contributed by atoms with E-state index in [4.69, 9.17) is 4.42 Å². The second-order valence-electron chi connectivity index (χ2n) is 3.08. The van der Waals surface area contributed by atoms with E-state index in [9.17, 15) is 0 Å². The average molecular weight is 176 g/mol. The summed E-state index contributed by atoms with van der Waals surface area (Å²) in [5, 5.41) is 0. The highest BCUT2D eigenvalue weighted by Crippen LogP contribution is 2.23. The molecule has 0 atom stereocenters. The van der Waals surface area contributed by atoms with Crippen LogP contribution in [0.5, 0.6) is 0 Å². The first kappa shape index (κ1) is 9.85. The van der Waals surface area contributed by atoms with Crippen molar-refractivity contribution >= 4 is 12.2 Å². The quantitative estimate of drug-likeness (QED) is 0.679. The number of rotatable bonds is 3. The summed E-state index contributed by atoms with van der Waals surface area (Å²) in [4.78, 5) is 0. The summed E-state index contributed by atoms with van der Waals surface area (Å²) in [5.41, 5.74) is 2.30. The molecule has 0 unspecified atom stereocenters. The third-order valence-electron chi connectivity index (χ3n) is 2.17. The third-order valence-corrected chi connectivity index (χ3v) is 2.17. The van der Waals surface area contributed by atoms with Crippen molar-refractivity contribution in [1.29, 1.82) is 0 Å². The molecule has 0 aliphatic heterocycles. The highest BCUT2D eigenvalue weighted by molar-refractivity contribution is 5.64. The Morgan fingerprint density at radius 2 is 2.08 bits per heavy atom. The van der Waals surface area contributed by atoms with E-state index >= 15 is 0 Å². The number of allylic oxidation sites excluding steroid dienone is 1. The molecule has 1 aromatic heterocycles. The maximum atomic E-state index is 5.58. The van der Waals surface area contributed by atoms with E-state index in [1.165, 1.54) is 5.56 Å². The fourth-order valence-corrected chi connectivity index (χ4v) is 1.27. The van der Waals surface area contributed by atoms with Gasteiger partial charge < -0.3 is 4.42 Å². The van der Waals surface area contributed by atoms with Crippen LogP contribution in [0, 0.1) is 13.8 Å². The fourth-order valence-electron chi connectivity index (χ4n) is 1.27. The molecular formula is C12H16O. The van der Waals surface area contributed by atoms with Gasteiger partial charge in [-0.05, 0) is 31.9 Å². The summed E-state index contributed by atoms with van der Waals surface area (Å²) in [5.74, 6) is 1.90. The van der Waals surface area contributed by atoms with Gasteiger partial charge in [0.25, 0.3) is 0 Å². The first-order valence-electron chi connectivity index (χ1n) is 4.59. The monoisotopic (exact) mass is 176 g/mol. The molecule has 0 aromatic carbocycles. The standard InChI is InChI=1S/C12H16O/c1-5-7-8-12-11(6-2)9(3)10(4)13-12/h6-8H,2,5H2,1,3-4H3/b8-7-. The normalized spacial score (nSPS) is 11.0. The largest absolute Gasteiger partial charge is 0.461 e. The third kappa shape index (κ3) is 1.92. The van der Waals surface area contributed by atoms with E-state index in [1.807, 2.05) is 19.1 Å². The Labute approximate surface area is 79.8 Å². The van der Waals surface area contributed by atoms with Crippen LogP contribution >= 0.6 is 0 Å². The van der Waals surface area contributed by atoms with Gasteiger partial charge >= 0.3 is 0 Å². The molecule has 13 heavy (non-hydrogen) atoms. The molecule has 1 aromatic rings. The molecule has 0 amide bonds. The van der Waals surface area contributed by atoms with E-state index in [1.54, 1.807) is 0 Å². The predicted molar refractivity (Wildman–Crippen MR) is 57.6 cm³/mol. The van der Waals surface area contributed by atoms with E-state index in [-0.39, 0.29) is 0 Å². The summed E-state index contributed by atoms with van der Waals surface area (Å²) in [6.45, 7) is 9.92. The van der Waals surface area contributed by atoms with Crippen molar-refractivity contribution in [2.24, 2.45) is 0 Å². The molecule has 0 saturated carbocycles. The maximum absolute atomic E-state index is 5.58. The molecule has 70 valence electrons. The number of hydrogen-bond donors (Lipinski definition) is 0. The van der Waals surface area contributed by atoms with Crippen molar-refractivity contribution in [2.45, 2.75) is 27.2 Å². The highest BCUT2D eigenvalue weighted by Gasteiger charge is 2.08. The van der Waals surface area contributed by atoms with Crippen LogP contribution in [0.4, 0.5) is 0 Å². The van der Waals surface area contributed by atoms with Gasteiger partial charge in [0.2, 0.25) is 0 Å². The van der Waals surface area contributed by atoms with Gasteiger partial charge in [0.05, 0.1) is 0 Å². The van der Waals surface area contributed by atoms with E-state index in [2.05, 4.69) is 26.5 Å². The minimum absolute atomic E-state index is 0.923. The van der Waals surface area contributed by atoms with Crippen LogP contribution in [-0.2, 0) is 0 Å². The molecule has 0 N–H and O–H groups in total. The topological polar surface area (TPSA) is 13.1 Å². The van der Waals surface area contributed by atoms with Crippen molar-refractivity contribution in [2.75, 3.05) is 0 Å². The summed E-state index contributed by atoms with van der Waals surface area (Å²) in [7, 11) is 0. The van der Waals surface area contributed by atoms with Crippen LogP contribution in [0.15, 0.2) is 17.1 Å². The first-order chi connectivity index (χ1) is 6.20. The molecule has 1 rings (SSSR count). The van der Waals surface area contributed by atoms with Crippen LogP contribution in [-0.4, -0.2) is 0 Å². The van der Waals surface area contributed by atoms with Crippen LogP contribution in [0.2, 0.25) is 0 Å². The highest BCUT2D eigenvalue weighted by atomic mass is 16.3. The first-order valence-corrected chi connectivity index (χ1v) is 4.59. The molecule has 0 radical (unpaired) electrons. The van der Waals surface area contributed by atoms with Gasteiger partial charge in [0, 0.05) is 5.56 Å². The zero-order valence-corrected chi connectivity index (χ0v) is 8.55. The Kier molecular flexibility index (Phi) is 3.13. The lowest BCUT2D eigenvalue weighted by molar-refractivity contribution is 0.522.